The first-order valence-corrected chi connectivity index (χ1v) is 22.5. The zero-order chi connectivity index (χ0) is 39.8. The maximum atomic E-state index is 6.89. The van der Waals surface area contributed by atoms with Crippen molar-refractivity contribution in [3.8, 4) is 33.4 Å². The molecule has 0 radical (unpaired) electrons. The summed E-state index contributed by atoms with van der Waals surface area (Å²) < 4.78 is 16.7. The fraction of sp³-hybridized carbons (Fsp3) is 0. The molecule has 61 heavy (non-hydrogen) atoms. The van der Waals surface area contributed by atoms with Gasteiger partial charge in [0.2, 0.25) is 0 Å². The van der Waals surface area contributed by atoms with Gasteiger partial charge in [-0.15, -0.1) is 0 Å². The van der Waals surface area contributed by atoms with Crippen LogP contribution in [0, 0.1) is 0 Å². The molecule has 3 heteroatoms. The Balaban J connectivity index is 1.17. The summed E-state index contributed by atoms with van der Waals surface area (Å²) in [7, 11) is 0. The number of furan rings is 2. The normalized spacial score (nSPS) is 12.3. The van der Waals surface area contributed by atoms with E-state index in [-0.39, 0.29) is 14.5 Å². The second kappa shape index (κ2) is 12.5. The molecular weight excluding hydrogens is 808 g/mol. The van der Waals surface area contributed by atoms with Crippen LogP contribution >= 0.6 is 0 Å². The Labute approximate surface area is 355 Å². The van der Waals surface area contributed by atoms with Crippen molar-refractivity contribution in [3.63, 3.8) is 0 Å². The monoisotopic (exact) mass is 840 g/mol. The first-order valence-electron chi connectivity index (χ1n) is 20.8. The minimum absolute atomic E-state index is 0.157. The summed E-state index contributed by atoms with van der Waals surface area (Å²) in [5.74, 6) is 0. The van der Waals surface area contributed by atoms with E-state index in [4.69, 9.17) is 8.83 Å². The molecule has 0 N–H and O–H groups in total. The Morgan fingerprint density at radius 3 is 1.31 bits per heavy atom. The predicted molar refractivity (Wildman–Crippen MR) is 259 cm³/mol. The van der Waals surface area contributed by atoms with Crippen LogP contribution in [0.25, 0.3) is 140 Å². The number of fused-ring (bicyclic) bond motifs is 15. The van der Waals surface area contributed by atoms with Crippen molar-refractivity contribution in [1.29, 1.82) is 0 Å². The molecule has 0 saturated heterocycles. The van der Waals surface area contributed by atoms with Gasteiger partial charge < -0.3 is 0 Å². The third-order valence-electron chi connectivity index (χ3n) is 13.0. The number of rotatable bonds is 3. The van der Waals surface area contributed by atoms with Crippen LogP contribution in [0.1, 0.15) is 0 Å². The van der Waals surface area contributed by atoms with E-state index in [0.29, 0.717) is 0 Å². The predicted octanol–water partition coefficient (Wildman–Crippen LogP) is 16.5. The van der Waals surface area contributed by atoms with Crippen molar-refractivity contribution < 1.29 is 8.83 Å². The Bertz CT molecular complexity index is 3970. The van der Waals surface area contributed by atoms with Crippen LogP contribution in [0.2, 0.25) is 0 Å². The van der Waals surface area contributed by atoms with Crippen LogP contribution in [0.3, 0.4) is 0 Å². The first-order chi connectivity index (χ1) is 30.3. The number of para-hydroxylation sites is 2. The molecule has 0 fully saturated rings. The maximum absolute atomic E-state index is 6.89. The summed E-state index contributed by atoms with van der Waals surface area (Å²) in [6.07, 6.45) is 0. The van der Waals surface area contributed by atoms with Crippen molar-refractivity contribution in [1.82, 2.24) is 0 Å². The Morgan fingerprint density at radius 1 is 0.295 bits per heavy atom. The molecule has 0 bridgehead atoms. The molecule has 0 amide bonds. The SMILES string of the molecule is c1ccc2c(c1)cc(-c1cccc3c(-c4cccc5c4[se]c4ccccc45)c4cccc(-c5cc6ccccc6c6c5oc5ccccc56)c4cc13)c1oc3ccccc3c12. The summed E-state index contributed by atoms with van der Waals surface area (Å²) in [6, 6.07) is 71.1. The fourth-order valence-corrected chi connectivity index (χ4v) is 13.0. The minimum atomic E-state index is 0.157. The molecule has 0 aliphatic rings. The molecule has 14 aromatic rings. The second-order valence-corrected chi connectivity index (χ2v) is 18.4. The van der Waals surface area contributed by atoms with Crippen LogP contribution < -0.4 is 0 Å². The van der Waals surface area contributed by atoms with Crippen molar-refractivity contribution in [2.24, 2.45) is 0 Å². The fourth-order valence-electron chi connectivity index (χ4n) is 10.4. The zero-order valence-electron chi connectivity index (χ0n) is 32.7. The third kappa shape index (κ3) is 4.68. The van der Waals surface area contributed by atoms with Crippen molar-refractivity contribution in [2.75, 3.05) is 0 Å². The first kappa shape index (κ1) is 33.4. The third-order valence-corrected chi connectivity index (χ3v) is 15.6. The van der Waals surface area contributed by atoms with Crippen LogP contribution in [-0.2, 0) is 0 Å². The van der Waals surface area contributed by atoms with Gasteiger partial charge in [0.05, 0.1) is 0 Å². The standard InChI is InChI=1S/C58H32O2Se/c1-3-16-35-33(14-1)30-48(56-54(35)43-19-5-8-27-50(43)59-56)37-21-11-23-40-46(37)32-47-38(49-31-34-15-2-4-17-36(34)55-44-20-6-9-28-51(44)60-57(49)55)22-12-24-41(47)53(40)45-26-13-25-42-39-18-7-10-29-52(39)61-58(42)45/h1-32H. The Kier molecular flexibility index (Phi) is 6.87. The average molecular weight is 840 g/mol. The van der Waals surface area contributed by atoms with Gasteiger partial charge in [-0.05, 0) is 0 Å². The van der Waals surface area contributed by atoms with E-state index in [0.717, 1.165) is 66.1 Å². The average Bonchev–Trinajstić information content (AvgIpc) is 4.02. The molecule has 0 aliphatic carbocycles. The van der Waals surface area contributed by atoms with Gasteiger partial charge in [0, 0.05) is 0 Å². The van der Waals surface area contributed by atoms with Gasteiger partial charge in [0.25, 0.3) is 0 Å². The number of hydrogen-bond donors (Lipinski definition) is 0. The molecule has 0 saturated carbocycles. The van der Waals surface area contributed by atoms with Gasteiger partial charge >= 0.3 is 357 Å². The zero-order valence-corrected chi connectivity index (χ0v) is 34.4. The van der Waals surface area contributed by atoms with Crippen LogP contribution in [0.15, 0.2) is 203 Å². The van der Waals surface area contributed by atoms with E-state index in [2.05, 4.69) is 194 Å². The Hall–Kier alpha value is -7.42. The second-order valence-electron chi connectivity index (χ2n) is 16.2. The van der Waals surface area contributed by atoms with Gasteiger partial charge in [-0.3, -0.25) is 0 Å². The summed E-state index contributed by atoms with van der Waals surface area (Å²) in [5.41, 5.74) is 10.7. The van der Waals surface area contributed by atoms with Crippen molar-refractivity contribution in [2.45, 2.75) is 0 Å². The van der Waals surface area contributed by atoms with Crippen molar-refractivity contribution in [3.05, 3.63) is 194 Å². The summed E-state index contributed by atoms with van der Waals surface area (Å²) >= 11 is 0.157. The topological polar surface area (TPSA) is 26.3 Å². The molecule has 0 aliphatic heterocycles. The molecule has 2 nitrogen and oxygen atoms in total. The van der Waals surface area contributed by atoms with Crippen LogP contribution in [0.5, 0.6) is 0 Å². The van der Waals surface area contributed by atoms with E-state index in [1.54, 1.807) is 0 Å². The summed E-state index contributed by atoms with van der Waals surface area (Å²) in [6.45, 7) is 0. The molecule has 3 heterocycles. The van der Waals surface area contributed by atoms with Gasteiger partial charge in [-0.2, -0.15) is 0 Å². The van der Waals surface area contributed by atoms with Crippen LogP contribution in [0.4, 0.5) is 0 Å². The molecule has 3 aromatic heterocycles. The summed E-state index contributed by atoms with van der Waals surface area (Å²) in [5, 5.41) is 16.9. The summed E-state index contributed by atoms with van der Waals surface area (Å²) in [4.78, 5) is 0. The van der Waals surface area contributed by atoms with Gasteiger partial charge in [0.15, 0.2) is 0 Å². The van der Waals surface area contributed by atoms with Crippen molar-refractivity contribution >= 4 is 121 Å². The molecule has 0 atom stereocenters. The van der Waals surface area contributed by atoms with E-state index in [1.807, 2.05) is 0 Å². The van der Waals surface area contributed by atoms with E-state index >= 15 is 0 Å². The van der Waals surface area contributed by atoms with E-state index in [9.17, 15) is 0 Å². The van der Waals surface area contributed by atoms with Gasteiger partial charge in [0.1, 0.15) is 0 Å². The van der Waals surface area contributed by atoms with E-state index < -0.39 is 0 Å². The number of benzene rings is 11. The molecule has 282 valence electrons. The molecule has 14 rings (SSSR count). The van der Waals surface area contributed by atoms with Gasteiger partial charge in [-0.1, -0.05) is 0 Å². The molecule has 11 aromatic carbocycles. The quantitative estimate of drug-likeness (QED) is 0.131. The number of hydrogen-bond acceptors (Lipinski definition) is 2. The molecule has 0 unspecified atom stereocenters. The van der Waals surface area contributed by atoms with E-state index in [1.165, 1.54) is 73.5 Å². The van der Waals surface area contributed by atoms with Crippen LogP contribution in [-0.4, -0.2) is 14.5 Å². The van der Waals surface area contributed by atoms with Gasteiger partial charge in [-0.25, -0.2) is 0 Å². The molecule has 0 spiro atoms. The molecular formula is C58H32O2Se. The Morgan fingerprint density at radius 2 is 0.738 bits per heavy atom.